The smallest absolute Gasteiger partial charge is 0.318 e. The molecule has 0 bridgehead atoms. The number of nitrogens with one attached hydrogen (secondary N) is 1. The van der Waals surface area contributed by atoms with Gasteiger partial charge in [-0.05, 0) is 0 Å². The third-order valence-electron chi connectivity index (χ3n) is 1.35. The summed E-state index contributed by atoms with van der Waals surface area (Å²) < 4.78 is 0. The molecule has 0 atom stereocenters. The lowest BCUT2D eigenvalue weighted by Crippen LogP contribution is -2.43. The predicted octanol–water partition coefficient (Wildman–Crippen LogP) is -1.49. The van der Waals surface area contributed by atoms with Crippen LogP contribution in [0.3, 0.4) is 0 Å². The number of nitrogens with zero attached hydrogens (tertiary/aromatic N) is 2. The monoisotopic (exact) mass is 187 g/mol. The van der Waals surface area contributed by atoms with Crippen LogP contribution in [0.25, 0.3) is 0 Å². The molecule has 0 aliphatic carbocycles. The molecule has 0 rings (SSSR count). The summed E-state index contributed by atoms with van der Waals surface area (Å²) in [7, 11) is 0. The molecule has 0 fully saturated rings. The molecule has 0 saturated heterocycles. The van der Waals surface area contributed by atoms with Crippen molar-refractivity contribution < 1.29 is 15.0 Å². The summed E-state index contributed by atoms with van der Waals surface area (Å²) in [4.78, 5) is 12.4. The Morgan fingerprint density at radius 3 is 2.31 bits per heavy atom. The minimum Gasteiger partial charge on any atom is -0.395 e. The van der Waals surface area contributed by atoms with Crippen LogP contribution in [-0.2, 0) is 0 Å². The number of carbonyl (C=O) groups is 1. The maximum Gasteiger partial charge on any atom is 0.318 e. The molecule has 6 heteroatoms. The standard InChI is InChI=1S/C7H13N3O3/c8-1-2-9-7(13)10(3-5-11)4-6-12/h11-12H,2-6H2,(H,9,13). The maximum absolute atomic E-state index is 11.1. The molecule has 6 nitrogen and oxygen atoms in total. The molecule has 2 amide bonds. The molecule has 0 saturated carbocycles. The molecule has 0 aromatic carbocycles. The van der Waals surface area contributed by atoms with Crippen LogP contribution in [0.2, 0.25) is 0 Å². The van der Waals surface area contributed by atoms with E-state index >= 15 is 0 Å². The van der Waals surface area contributed by atoms with E-state index in [1.165, 1.54) is 4.90 Å². The lowest BCUT2D eigenvalue weighted by Gasteiger charge is -2.19. The van der Waals surface area contributed by atoms with Crippen molar-refractivity contribution in [2.75, 3.05) is 32.8 Å². The van der Waals surface area contributed by atoms with E-state index in [1.54, 1.807) is 6.07 Å². The van der Waals surface area contributed by atoms with Gasteiger partial charge >= 0.3 is 6.03 Å². The Balaban J connectivity index is 3.88. The number of aliphatic hydroxyl groups excluding tert-OH is 2. The third kappa shape index (κ3) is 5.00. The minimum atomic E-state index is -0.454. The second-order valence-corrected chi connectivity index (χ2v) is 2.25. The number of nitriles is 1. The van der Waals surface area contributed by atoms with E-state index in [0.717, 1.165) is 0 Å². The third-order valence-corrected chi connectivity index (χ3v) is 1.35. The fourth-order valence-corrected chi connectivity index (χ4v) is 0.783. The predicted molar refractivity (Wildman–Crippen MR) is 44.8 cm³/mol. The van der Waals surface area contributed by atoms with Gasteiger partial charge in [0, 0.05) is 13.1 Å². The molecule has 0 aliphatic heterocycles. The lowest BCUT2D eigenvalue weighted by molar-refractivity contribution is 0.159. The van der Waals surface area contributed by atoms with Gasteiger partial charge in [0.25, 0.3) is 0 Å². The first-order valence-electron chi connectivity index (χ1n) is 3.87. The summed E-state index contributed by atoms with van der Waals surface area (Å²) in [5, 5.41) is 27.6. The van der Waals surface area contributed by atoms with Crippen molar-refractivity contribution in [2.24, 2.45) is 0 Å². The zero-order valence-electron chi connectivity index (χ0n) is 7.23. The summed E-state index contributed by atoms with van der Waals surface area (Å²) in [5.41, 5.74) is 0. The highest BCUT2D eigenvalue weighted by Gasteiger charge is 2.10. The topological polar surface area (TPSA) is 96.6 Å². The zero-order chi connectivity index (χ0) is 10.1. The van der Waals surface area contributed by atoms with Crippen molar-refractivity contribution in [2.45, 2.75) is 0 Å². The molecule has 0 aromatic heterocycles. The van der Waals surface area contributed by atoms with E-state index < -0.39 is 6.03 Å². The van der Waals surface area contributed by atoms with Crippen LogP contribution < -0.4 is 5.32 Å². The average molecular weight is 187 g/mol. The van der Waals surface area contributed by atoms with Crippen molar-refractivity contribution in [1.82, 2.24) is 10.2 Å². The van der Waals surface area contributed by atoms with Crippen LogP contribution in [0.15, 0.2) is 0 Å². The van der Waals surface area contributed by atoms with Crippen molar-refractivity contribution in [3.05, 3.63) is 0 Å². The Morgan fingerprint density at radius 1 is 1.38 bits per heavy atom. The van der Waals surface area contributed by atoms with Gasteiger partial charge in [0.05, 0.1) is 19.3 Å². The first kappa shape index (κ1) is 11.7. The Morgan fingerprint density at radius 2 is 1.92 bits per heavy atom. The second kappa shape index (κ2) is 7.34. The fraction of sp³-hybridized carbons (Fsp3) is 0.714. The SMILES string of the molecule is N#CCNC(=O)N(CCO)CCO. The number of aliphatic hydroxyl groups is 2. The number of rotatable bonds is 5. The molecular weight excluding hydrogens is 174 g/mol. The minimum absolute atomic E-state index is 0.0772. The number of amides is 2. The number of hydrogen-bond donors (Lipinski definition) is 3. The Labute approximate surface area is 76.4 Å². The zero-order valence-corrected chi connectivity index (χ0v) is 7.23. The highest BCUT2D eigenvalue weighted by atomic mass is 16.3. The van der Waals surface area contributed by atoms with E-state index in [1.807, 2.05) is 0 Å². The van der Waals surface area contributed by atoms with E-state index in [9.17, 15) is 4.79 Å². The van der Waals surface area contributed by atoms with Crippen LogP contribution in [0.4, 0.5) is 4.79 Å². The van der Waals surface area contributed by atoms with Crippen LogP contribution in [0.5, 0.6) is 0 Å². The van der Waals surface area contributed by atoms with Gasteiger partial charge in [-0.1, -0.05) is 0 Å². The largest absolute Gasteiger partial charge is 0.395 e. The summed E-state index contributed by atoms with van der Waals surface area (Å²) in [6.45, 7) is -0.109. The van der Waals surface area contributed by atoms with Crippen molar-refractivity contribution in [1.29, 1.82) is 5.26 Å². The van der Waals surface area contributed by atoms with E-state index in [-0.39, 0.29) is 32.8 Å². The highest BCUT2D eigenvalue weighted by molar-refractivity contribution is 5.74. The van der Waals surface area contributed by atoms with Gasteiger partial charge < -0.3 is 20.4 Å². The van der Waals surface area contributed by atoms with Crippen molar-refractivity contribution >= 4 is 6.03 Å². The molecule has 0 aliphatic rings. The highest BCUT2D eigenvalue weighted by Crippen LogP contribution is 1.87. The van der Waals surface area contributed by atoms with E-state index in [4.69, 9.17) is 15.5 Å². The van der Waals surface area contributed by atoms with Gasteiger partial charge in [-0.2, -0.15) is 5.26 Å². The first-order chi connectivity index (χ1) is 6.26. The Bertz CT molecular complexity index is 184. The normalized spacial score (nSPS) is 9.00. The number of carbonyl (C=O) groups excluding carboxylic acids is 1. The van der Waals surface area contributed by atoms with Crippen LogP contribution in [0.1, 0.15) is 0 Å². The molecule has 3 N–H and O–H groups in total. The molecule has 0 aromatic rings. The molecular formula is C7H13N3O3. The fourth-order valence-electron chi connectivity index (χ4n) is 0.783. The number of urea groups is 1. The van der Waals surface area contributed by atoms with Gasteiger partial charge in [0.15, 0.2) is 0 Å². The van der Waals surface area contributed by atoms with E-state index in [2.05, 4.69) is 5.32 Å². The van der Waals surface area contributed by atoms with Crippen molar-refractivity contribution in [3.63, 3.8) is 0 Å². The second-order valence-electron chi connectivity index (χ2n) is 2.25. The van der Waals surface area contributed by atoms with Crippen LogP contribution in [-0.4, -0.2) is 54.0 Å². The molecule has 74 valence electrons. The maximum atomic E-state index is 11.1. The van der Waals surface area contributed by atoms with Gasteiger partial charge in [-0.3, -0.25) is 0 Å². The first-order valence-corrected chi connectivity index (χ1v) is 3.87. The van der Waals surface area contributed by atoms with Crippen molar-refractivity contribution in [3.8, 4) is 6.07 Å². The van der Waals surface area contributed by atoms with Gasteiger partial charge in [0.2, 0.25) is 0 Å². The molecule has 0 unspecified atom stereocenters. The number of hydrogen-bond acceptors (Lipinski definition) is 4. The summed E-state index contributed by atoms with van der Waals surface area (Å²) in [6, 6.07) is 1.30. The average Bonchev–Trinajstić information content (AvgIpc) is 2.14. The summed E-state index contributed by atoms with van der Waals surface area (Å²) in [6.07, 6.45) is 0. The summed E-state index contributed by atoms with van der Waals surface area (Å²) >= 11 is 0. The lowest BCUT2D eigenvalue weighted by atomic mass is 10.5. The van der Waals surface area contributed by atoms with Crippen LogP contribution in [0, 0.1) is 11.3 Å². The van der Waals surface area contributed by atoms with Crippen LogP contribution >= 0.6 is 0 Å². The molecule has 0 radical (unpaired) electrons. The molecule has 13 heavy (non-hydrogen) atoms. The van der Waals surface area contributed by atoms with Gasteiger partial charge in [-0.25, -0.2) is 4.79 Å². The Hall–Kier alpha value is -1.32. The summed E-state index contributed by atoms with van der Waals surface area (Å²) in [5.74, 6) is 0. The quantitative estimate of drug-likeness (QED) is 0.457. The molecule has 0 heterocycles. The van der Waals surface area contributed by atoms with Gasteiger partial charge in [0.1, 0.15) is 6.54 Å². The van der Waals surface area contributed by atoms with Gasteiger partial charge in [-0.15, -0.1) is 0 Å². The molecule has 0 spiro atoms. The Kier molecular flexibility index (Phi) is 6.59. The van der Waals surface area contributed by atoms with E-state index in [0.29, 0.717) is 0 Å².